The van der Waals surface area contributed by atoms with E-state index < -0.39 is 0 Å². The molecule has 0 saturated carbocycles. The number of halogens is 1. The molecule has 5 rings (SSSR count). The van der Waals surface area contributed by atoms with Crippen molar-refractivity contribution in [1.29, 1.82) is 0 Å². The first-order valence-electron chi connectivity index (χ1n) is 12.3. The van der Waals surface area contributed by atoms with Gasteiger partial charge in [-0.2, -0.15) is 0 Å². The second-order valence-electron chi connectivity index (χ2n) is 8.15. The molecule has 0 N–H and O–H groups in total. The molecule has 1 aliphatic rings. The number of fused-ring (bicyclic) bond motifs is 1. The van der Waals surface area contributed by atoms with Crippen LogP contribution in [-0.2, 0) is 4.74 Å². The molecule has 7 nitrogen and oxygen atoms in total. The maximum Gasteiger partial charge on any atom is 0.182 e. The fourth-order valence-electron chi connectivity index (χ4n) is 4.17. The van der Waals surface area contributed by atoms with Crippen LogP contribution in [-0.4, -0.2) is 39.2 Å². The van der Waals surface area contributed by atoms with E-state index >= 15 is 0 Å². The number of imidazole rings is 1. The Morgan fingerprint density at radius 2 is 1.92 bits per heavy atom. The average molecular weight is 490 g/mol. The van der Waals surface area contributed by atoms with E-state index in [4.69, 9.17) is 9.15 Å². The van der Waals surface area contributed by atoms with Gasteiger partial charge in [0.15, 0.2) is 12.0 Å². The number of benzene rings is 2. The Morgan fingerprint density at radius 3 is 2.61 bits per heavy atom. The maximum atomic E-state index is 13.5. The van der Waals surface area contributed by atoms with Crippen LogP contribution >= 0.6 is 0 Å². The Morgan fingerprint density at radius 1 is 1.14 bits per heavy atom. The Balaban J connectivity index is 0.00000148. The zero-order chi connectivity index (χ0) is 25.7. The summed E-state index contributed by atoms with van der Waals surface area (Å²) in [6.45, 7) is 14.3. The van der Waals surface area contributed by atoms with E-state index in [9.17, 15) is 4.39 Å². The second-order valence-corrected chi connectivity index (χ2v) is 8.15. The third kappa shape index (κ3) is 4.98. The molecule has 0 radical (unpaired) electrons. The Hall–Kier alpha value is -4.07. The second kappa shape index (κ2) is 11.1. The summed E-state index contributed by atoms with van der Waals surface area (Å²) in [7, 11) is 0. The quantitative estimate of drug-likeness (QED) is 0.308. The number of anilines is 1. The topological polar surface area (TPSA) is 59.6 Å². The molecule has 1 fully saturated rings. The summed E-state index contributed by atoms with van der Waals surface area (Å²) in [5.41, 5.74) is 5.69. The van der Waals surface area contributed by atoms with Gasteiger partial charge < -0.3 is 13.7 Å². The van der Waals surface area contributed by atoms with Crippen molar-refractivity contribution < 1.29 is 13.5 Å². The summed E-state index contributed by atoms with van der Waals surface area (Å²) in [5.74, 6) is 0.394. The van der Waals surface area contributed by atoms with Gasteiger partial charge in [0.2, 0.25) is 0 Å². The summed E-state index contributed by atoms with van der Waals surface area (Å²) < 4.78 is 27.2. The minimum absolute atomic E-state index is 0.257. The van der Waals surface area contributed by atoms with E-state index in [2.05, 4.69) is 33.5 Å². The van der Waals surface area contributed by atoms with Crippen LogP contribution in [0.4, 0.5) is 10.1 Å². The Labute approximate surface area is 211 Å². The number of rotatable bonds is 6. The summed E-state index contributed by atoms with van der Waals surface area (Å²) in [6.07, 6.45) is 8.01. The van der Waals surface area contributed by atoms with Gasteiger partial charge in [-0.3, -0.25) is 10.0 Å². The fraction of sp³-hybridized carbons (Fsp3) is 0.286. The molecule has 0 spiro atoms. The normalized spacial score (nSPS) is 14.5. The molecule has 3 heterocycles. The molecule has 36 heavy (non-hydrogen) atoms. The molecule has 4 aromatic rings. The smallest absolute Gasteiger partial charge is 0.182 e. The number of aryl methyl sites for hydroxylation is 1. The standard InChI is InChI=1S/C26H26FN5O2.C2H6/c1-4-11-32(22-8-6-21(27)7-9-22)31-12-13-33-24(19(31)3)14-20-5-10-23(25-26(20)34-17-29-25)30-15-18(2)28-16-30;1-2/h5-10,14-17H,3-4,11-13H2,1-2H3;1-2H3/b24-14-;. The number of morpholine rings is 1. The van der Waals surface area contributed by atoms with Crippen molar-refractivity contribution in [2.24, 2.45) is 0 Å². The Bertz CT molecular complexity index is 1360. The number of hydrogen-bond acceptors (Lipinski definition) is 6. The van der Waals surface area contributed by atoms with Crippen LogP contribution < -0.4 is 5.01 Å². The van der Waals surface area contributed by atoms with Crippen molar-refractivity contribution in [2.45, 2.75) is 34.1 Å². The number of ether oxygens (including phenoxy) is 1. The van der Waals surface area contributed by atoms with Crippen molar-refractivity contribution in [3.63, 3.8) is 0 Å². The van der Waals surface area contributed by atoms with E-state index in [1.807, 2.05) is 49.7 Å². The molecule has 2 aromatic carbocycles. The number of nitrogens with zero attached hydrogens (tertiary/aromatic N) is 5. The minimum Gasteiger partial charge on any atom is -0.489 e. The molecule has 0 atom stereocenters. The van der Waals surface area contributed by atoms with Crippen LogP contribution in [0.3, 0.4) is 0 Å². The molecule has 1 aliphatic heterocycles. The predicted octanol–water partition coefficient (Wildman–Crippen LogP) is 6.51. The van der Waals surface area contributed by atoms with E-state index in [1.165, 1.54) is 18.5 Å². The first kappa shape index (κ1) is 25.0. The van der Waals surface area contributed by atoms with Crippen LogP contribution in [0.2, 0.25) is 0 Å². The fourth-order valence-corrected chi connectivity index (χ4v) is 4.17. The molecule has 2 aromatic heterocycles. The van der Waals surface area contributed by atoms with Gasteiger partial charge in [0.25, 0.3) is 0 Å². The molecule has 188 valence electrons. The van der Waals surface area contributed by atoms with Gasteiger partial charge in [-0.15, -0.1) is 0 Å². The highest BCUT2D eigenvalue weighted by Gasteiger charge is 2.25. The number of hydrazine groups is 1. The number of hydrogen-bond donors (Lipinski definition) is 0. The zero-order valence-corrected chi connectivity index (χ0v) is 21.2. The summed E-state index contributed by atoms with van der Waals surface area (Å²) in [4.78, 5) is 8.74. The van der Waals surface area contributed by atoms with Crippen molar-refractivity contribution in [2.75, 3.05) is 24.7 Å². The van der Waals surface area contributed by atoms with E-state index in [0.29, 0.717) is 24.5 Å². The molecule has 0 unspecified atom stereocenters. The maximum absolute atomic E-state index is 13.5. The van der Waals surface area contributed by atoms with E-state index in [0.717, 1.165) is 46.8 Å². The number of aromatic nitrogens is 3. The lowest BCUT2D eigenvalue weighted by Gasteiger charge is -2.42. The van der Waals surface area contributed by atoms with Crippen molar-refractivity contribution in [3.8, 4) is 5.69 Å². The first-order chi connectivity index (χ1) is 17.5. The molecular formula is C28H32FN5O2. The molecule has 8 heteroatoms. The lowest BCUT2D eigenvalue weighted by Crippen LogP contribution is -2.47. The highest BCUT2D eigenvalue weighted by Crippen LogP contribution is 2.31. The van der Waals surface area contributed by atoms with Gasteiger partial charge in [-0.05, 0) is 55.8 Å². The first-order valence-corrected chi connectivity index (χ1v) is 12.3. The van der Waals surface area contributed by atoms with Crippen LogP contribution in [0.1, 0.15) is 38.4 Å². The minimum atomic E-state index is -0.257. The largest absolute Gasteiger partial charge is 0.489 e. The SMILES string of the molecule is C=C1/C(=C/c2ccc(-n3cnc(C)c3)c3ncoc23)OCCN1N(CCC)c1ccc(F)cc1.CC. The monoisotopic (exact) mass is 489 g/mol. The Kier molecular flexibility index (Phi) is 7.73. The molecule has 0 aliphatic carbocycles. The van der Waals surface area contributed by atoms with Crippen molar-refractivity contribution in [1.82, 2.24) is 19.5 Å². The summed E-state index contributed by atoms with van der Waals surface area (Å²) in [5, 5.41) is 4.21. The molecule has 0 bridgehead atoms. The van der Waals surface area contributed by atoms with E-state index in [-0.39, 0.29) is 5.82 Å². The molecule has 0 amide bonds. The molecule has 1 saturated heterocycles. The highest BCUT2D eigenvalue weighted by molar-refractivity contribution is 5.89. The lowest BCUT2D eigenvalue weighted by molar-refractivity contribution is 0.123. The van der Waals surface area contributed by atoms with Crippen molar-refractivity contribution >= 4 is 22.9 Å². The van der Waals surface area contributed by atoms with Crippen LogP contribution in [0.25, 0.3) is 22.9 Å². The summed E-state index contributed by atoms with van der Waals surface area (Å²) in [6, 6.07) is 10.5. The van der Waals surface area contributed by atoms with Gasteiger partial charge in [0.05, 0.1) is 35.6 Å². The van der Waals surface area contributed by atoms with E-state index in [1.54, 1.807) is 18.5 Å². The third-order valence-electron chi connectivity index (χ3n) is 5.78. The zero-order valence-electron chi connectivity index (χ0n) is 21.2. The van der Waals surface area contributed by atoms with Gasteiger partial charge in [0.1, 0.15) is 23.7 Å². The summed E-state index contributed by atoms with van der Waals surface area (Å²) >= 11 is 0. The average Bonchev–Trinajstić information content (AvgIpc) is 3.56. The number of oxazole rings is 1. The van der Waals surface area contributed by atoms with Crippen LogP contribution in [0.5, 0.6) is 0 Å². The van der Waals surface area contributed by atoms with Crippen LogP contribution in [0.15, 0.2) is 77.8 Å². The van der Waals surface area contributed by atoms with Crippen LogP contribution in [0, 0.1) is 12.7 Å². The van der Waals surface area contributed by atoms with Gasteiger partial charge in [-0.25, -0.2) is 14.4 Å². The van der Waals surface area contributed by atoms with Gasteiger partial charge in [-0.1, -0.05) is 27.4 Å². The highest BCUT2D eigenvalue weighted by atomic mass is 19.1. The van der Waals surface area contributed by atoms with Gasteiger partial charge in [0, 0.05) is 18.3 Å². The molecular weight excluding hydrogens is 457 g/mol. The predicted molar refractivity (Wildman–Crippen MR) is 141 cm³/mol. The van der Waals surface area contributed by atoms with Crippen molar-refractivity contribution in [3.05, 3.63) is 90.4 Å². The van der Waals surface area contributed by atoms with Gasteiger partial charge >= 0.3 is 0 Å². The third-order valence-corrected chi connectivity index (χ3v) is 5.78. The lowest BCUT2D eigenvalue weighted by atomic mass is 10.1.